The van der Waals surface area contributed by atoms with Gasteiger partial charge >= 0.3 is 0 Å². The molecule has 5 heteroatoms. The molecule has 122 valence electrons. The molecule has 5 heterocycles. The van der Waals surface area contributed by atoms with E-state index in [0.29, 0.717) is 0 Å². The van der Waals surface area contributed by atoms with E-state index in [1.165, 1.54) is 0 Å². The molecular weight excluding hydrogens is 376 g/mol. The lowest BCUT2D eigenvalue weighted by Crippen LogP contribution is -2.16. The molecule has 5 rings (SSSR count). The van der Waals surface area contributed by atoms with Crippen molar-refractivity contribution in [1.29, 1.82) is 0 Å². The maximum absolute atomic E-state index is 4.81. The summed E-state index contributed by atoms with van der Waals surface area (Å²) in [5.74, 6) is 0. The molecule has 3 aliphatic rings. The van der Waals surface area contributed by atoms with Crippen LogP contribution in [-0.4, -0.2) is 25.8 Å². The van der Waals surface area contributed by atoms with E-state index in [9.17, 15) is 0 Å². The summed E-state index contributed by atoms with van der Waals surface area (Å²) in [6.07, 6.45) is 15.1. The molecule has 3 aliphatic heterocycles. The molecule has 2 aromatic heterocycles. The standard InChI is InChI=1S/C20H15BrN4/c21-20-8-7-18(25-20)11-17-4-3-14(23-17)9-13-1-2-15(22-13)10-16-5-6-19(12-20)24-16/h1-11,22,24H,12H2. The van der Waals surface area contributed by atoms with Gasteiger partial charge in [-0.05, 0) is 66.8 Å². The van der Waals surface area contributed by atoms with Gasteiger partial charge in [0.15, 0.2) is 0 Å². The van der Waals surface area contributed by atoms with Crippen LogP contribution in [0.15, 0.2) is 70.3 Å². The Bertz CT molecular complexity index is 1140. The highest BCUT2D eigenvalue weighted by atomic mass is 79.9. The first-order valence-corrected chi connectivity index (χ1v) is 8.96. The van der Waals surface area contributed by atoms with E-state index in [1.54, 1.807) is 0 Å². The number of nitrogens with zero attached hydrogens (tertiary/aromatic N) is 2. The number of aliphatic imine (C=N–C) groups is 2. The normalized spacial score (nSPS) is 23.6. The first kappa shape index (κ1) is 14.7. The van der Waals surface area contributed by atoms with Crippen molar-refractivity contribution >= 4 is 39.5 Å². The van der Waals surface area contributed by atoms with E-state index in [-0.39, 0.29) is 0 Å². The second-order valence-corrected chi connectivity index (χ2v) is 7.77. The van der Waals surface area contributed by atoms with Crippen LogP contribution < -0.4 is 10.7 Å². The van der Waals surface area contributed by atoms with Gasteiger partial charge in [0, 0.05) is 28.5 Å². The van der Waals surface area contributed by atoms with Crippen LogP contribution in [0.2, 0.25) is 0 Å². The van der Waals surface area contributed by atoms with Crippen LogP contribution >= 0.6 is 15.9 Å². The van der Waals surface area contributed by atoms with Gasteiger partial charge in [-0.1, -0.05) is 15.9 Å². The summed E-state index contributed by atoms with van der Waals surface area (Å²) in [5, 5.41) is 2.09. The third kappa shape index (κ3) is 2.91. The number of nitrogens with one attached hydrogen (secondary N) is 2. The van der Waals surface area contributed by atoms with Crippen molar-refractivity contribution in [3.8, 4) is 0 Å². The first-order valence-electron chi connectivity index (χ1n) is 8.17. The predicted molar refractivity (Wildman–Crippen MR) is 105 cm³/mol. The lowest BCUT2D eigenvalue weighted by molar-refractivity contribution is 0.761. The molecule has 8 bridgehead atoms. The summed E-state index contributed by atoms with van der Waals surface area (Å²) < 4.78 is -0.404. The molecule has 0 saturated heterocycles. The molecule has 0 fully saturated rings. The Kier molecular flexibility index (Phi) is 3.18. The highest BCUT2D eigenvalue weighted by Crippen LogP contribution is 2.31. The van der Waals surface area contributed by atoms with E-state index in [4.69, 9.17) is 4.99 Å². The van der Waals surface area contributed by atoms with Crippen molar-refractivity contribution in [2.24, 2.45) is 9.98 Å². The van der Waals surface area contributed by atoms with Crippen molar-refractivity contribution < 1.29 is 0 Å². The Labute approximate surface area is 152 Å². The Morgan fingerprint density at radius 2 is 1.76 bits per heavy atom. The number of aromatic amines is 2. The highest BCUT2D eigenvalue weighted by molar-refractivity contribution is 9.10. The lowest BCUT2D eigenvalue weighted by Gasteiger charge is -2.15. The quantitative estimate of drug-likeness (QED) is 0.512. The van der Waals surface area contributed by atoms with E-state index in [0.717, 1.165) is 45.6 Å². The van der Waals surface area contributed by atoms with Crippen LogP contribution in [-0.2, 0) is 6.42 Å². The predicted octanol–water partition coefficient (Wildman–Crippen LogP) is 2.50. The van der Waals surface area contributed by atoms with E-state index >= 15 is 0 Å². The molecule has 1 atom stereocenters. The summed E-state index contributed by atoms with van der Waals surface area (Å²) in [7, 11) is 0. The summed E-state index contributed by atoms with van der Waals surface area (Å²) >= 11 is 3.76. The van der Waals surface area contributed by atoms with Crippen molar-refractivity contribution in [3.05, 3.63) is 82.4 Å². The summed E-state index contributed by atoms with van der Waals surface area (Å²) in [6.45, 7) is 0. The average molecular weight is 391 g/mol. The van der Waals surface area contributed by atoms with Gasteiger partial charge in [0.1, 0.15) is 4.45 Å². The molecule has 2 N–H and O–H groups in total. The maximum atomic E-state index is 4.81. The van der Waals surface area contributed by atoms with Crippen molar-refractivity contribution in [2.45, 2.75) is 10.9 Å². The molecule has 0 aliphatic carbocycles. The molecule has 1 unspecified atom stereocenters. The zero-order chi connectivity index (χ0) is 16.9. The van der Waals surface area contributed by atoms with E-state index in [2.05, 4.69) is 67.3 Å². The fraction of sp³-hybridized carbons (Fsp3) is 0.100. The smallest absolute Gasteiger partial charge is 0.140 e. The van der Waals surface area contributed by atoms with Gasteiger partial charge in [-0.2, -0.15) is 0 Å². The monoisotopic (exact) mass is 390 g/mol. The van der Waals surface area contributed by atoms with Crippen LogP contribution in [0.25, 0.3) is 12.2 Å². The van der Waals surface area contributed by atoms with Crippen molar-refractivity contribution in [3.63, 3.8) is 0 Å². The molecule has 2 aromatic rings. The Hall–Kier alpha value is -2.66. The largest absolute Gasteiger partial charge is 0.359 e. The molecule has 0 saturated carbocycles. The minimum absolute atomic E-state index is 0.404. The number of hydrogen-bond acceptors (Lipinski definition) is 2. The summed E-state index contributed by atoms with van der Waals surface area (Å²) in [4.78, 5) is 16.3. The fourth-order valence-corrected chi connectivity index (χ4v) is 3.87. The van der Waals surface area contributed by atoms with Crippen LogP contribution in [0.4, 0.5) is 0 Å². The fourth-order valence-electron chi connectivity index (χ4n) is 3.23. The summed E-state index contributed by atoms with van der Waals surface area (Å²) in [5.41, 5.74) is 4.98. The molecular formula is C20H15BrN4. The SMILES string of the molecule is BrC12C=CC(=N1)C=C1C=CC(=N1)C=c1ccc([nH]1)=Cc1ccc([nH]1)C2. The summed E-state index contributed by atoms with van der Waals surface area (Å²) in [6, 6.07) is 8.34. The van der Waals surface area contributed by atoms with Crippen LogP contribution in [0.3, 0.4) is 0 Å². The van der Waals surface area contributed by atoms with Gasteiger partial charge in [0.2, 0.25) is 0 Å². The number of hydrogen-bond donors (Lipinski definition) is 2. The van der Waals surface area contributed by atoms with Crippen LogP contribution in [0.1, 0.15) is 11.4 Å². The van der Waals surface area contributed by atoms with Crippen LogP contribution in [0, 0.1) is 0 Å². The second kappa shape index (κ2) is 5.43. The van der Waals surface area contributed by atoms with E-state index in [1.807, 2.05) is 30.4 Å². The third-order valence-electron chi connectivity index (χ3n) is 4.36. The van der Waals surface area contributed by atoms with Gasteiger partial charge in [-0.3, -0.25) is 4.99 Å². The van der Waals surface area contributed by atoms with Gasteiger partial charge in [-0.15, -0.1) is 0 Å². The van der Waals surface area contributed by atoms with Crippen molar-refractivity contribution in [2.75, 3.05) is 0 Å². The number of alkyl halides is 1. The first-order chi connectivity index (χ1) is 12.1. The Morgan fingerprint density at radius 3 is 2.68 bits per heavy atom. The highest BCUT2D eigenvalue weighted by Gasteiger charge is 2.27. The second-order valence-electron chi connectivity index (χ2n) is 6.40. The Balaban J connectivity index is 1.68. The molecule has 0 radical (unpaired) electrons. The average Bonchev–Trinajstić information content (AvgIpc) is 3.32. The lowest BCUT2D eigenvalue weighted by atomic mass is 10.2. The third-order valence-corrected chi connectivity index (χ3v) is 5.08. The number of rotatable bonds is 0. The molecule has 0 amide bonds. The molecule has 0 spiro atoms. The van der Waals surface area contributed by atoms with Gasteiger partial charge in [0.05, 0.1) is 17.1 Å². The molecule has 25 heavy (non-hydrogen) atoms. The van der Waals surface area contributed by atoms with Gasteiger partial charge in [-0.25, -0.2) is 4.99 Å². The minimum Gasteiger partial charge on any atom is -0.359 e. The van der Waals surface area contributed by atoms with Gasteiger partial charge in [0.25, 0.3) is 0 Å². The number of halogens is 1. The number of H-pyrrole nitrogens is 2. The number of fused-ring (bicyclic) bond motifs is 6. The Morgan fingerprint density at radius 1 is 0.880 bits per heavy atom. The van der Waals surface area contributed by atoms with E-state index < -0.39 is 4.45 Å². The number of aromatic nitrogens is 2. The van der Waals surface area contributed by atoms with Crippen molar-refractivity contribution in [1.82, 2.24) is 9.97 Å². The topological polar surface area (TPSA) is 56.3 Å². The zero-order valence-electron chi connectivity index (χ0n) is 13.3. The molecule has 0 aromatic carbocycles. The van der Waals surface area contributed by atoms with Crippen LogP contribution in [0.5, 0.6) is 0 Å². The zero-order valence-corrected chi connectivity index (χ0v) is 14.9. The molecule has 4 nitrogen and oxygen atoms in total. The number of allylic oxidation sites excluding steroid dienone is 4. The van der Waals surface area contributed by atoms with Gasteiger partial charge < -0.3 is 9.97 Å². The maximum Gasteiger partial charge on any atom is 0.140 e. The minimum atomic E-state index is -0.404.